The predicted molar refractivity (Wildman–Crippen MR) is 141 cm³/mol. The highest BCUT2D eigenvalue weighted by atomic mass is 35.5. The summed E-state index contributed by atoms with van der Waals surface area (Å²) < 4.78 is 26.0. The first-order valence-electron chi connectivity index (χ1n) is 12.1. The molecule has 37 heavy (non-hydrogen) atoms. The van der Waals surface area contributed by atoms with Crippen LogP contribution in [0.1, 0.15) is 16.7 Å². The van der Waals surface area contributed by atoms with E-state index in [-0.39, 0.29) is 17.3 Å². The third-order valence-corrected chi connectivity index (χ3v) is 6.92. The number of morpholine rings is 1. The third-order valence-electron chi connectivity index (χ3n) is 6.66. The van der Waals surface area contributed by atoms with E-state index in [0.717, 1.165) is 52.7 Å². The molecule has 188 valence electrons. The number of benzene rings is 2. The van der Waals surface area contributed by atoms with Crippen LogP contribution in [0, 0.1) is 5.82 Å². The normalized spacial score (nSPS) is 14.5. The number of nitrogens with zero attached hydrogens (tertiary/aromatic N) is 2. The molecule has 2 aliphatic heterocycles. The van der Waals surface area contributed by atoms with Gasteiger partial charge >= 0.3 is 0 Å². The largest absolute Gasteiger partial charge is 0.456 e. The van der Waals surface area contributed by atoms with Gasteiger partial charge in [-0.15, -0.1) is 0 Å². The summed E-state index contributed by atoms with van der Waals surface area (Å²) in [6.45, 7) is 3.06. The smallest absolute Gasteiger partial charge is 0.250 e. The molecule has 0 atom stereocenters. The molecule has 0 amide bonds. The SMILES string of the molecule is O=c1cc(N2CCOCC2)cc(-c2cccc3c2Oc2ccc(NCc4ccnc(Cl)c4F)cc2C3)[nH]1. The van der Waals surface area contributed by atoms with E-state index >= 15 is 0 Å². The number of H-pyrrole nitrogens is 1. The fraction of sp³-hybridized carbons (Fsp3) is 0.214. The van der Waals surface area contributed by atoms with Crippen molar-refractivity contribution in [2.24, 2.45) is 0 Å². The number of hydrogen-bond acceptors (Lipinski definition) is 6. The van der Waals surface area contributed by atoms with Crippen molar-refractivity contribution in [1.82, 2.24) is 9.97 Å². The van der Waals surface area contributed by atoms with Gasteiger partial charge in [-0.05, 0) is 42.0 Å². The second-order valence-electron chi connectivity index (χ2n) is 9.04. The number of para-hydroxylation sites is 1. The minimum absolute atomic E-state index is 0.137. The Morgan fingerprint density at radius 3 is 2.81 bits per heavy atom. The van der Waals surface area contributed by atoms with Crippen LogP contribution in [0.3, 0.4) is 0 Å². The van der Waals surface area contributed by atoms with Gasteiger partial charge in [0.2, 0.25) is 5.56 Å². The van der Waals surface area contributed by atoms with Gasteiger partial charge in [-0.1, -0.05) is 23.7 Å². The molecule has 0 unspecified atom stereocenters. The van der Waals surface area contributed by atoms with Crippen molar-refractivity contribution in [2.45, 2.75) is 13.0 Å². The maximum Gasteiger partial charge on any atom is 0.250 e. The molecule has 1 saturated heterocycles. The number of aromatic nitrogens is 2. The maximum absolute atomic E-state index is 14.2. The van der Waals surface area contributed by atoms with Crippen LogP contribution in [0.25, 0.3) is 11.3 Å². The summed E-state index contributed by atoms with van der Waals surface area (Å²) in [6.07, 6.45) is 2.15. The molecule has 2 aliphatic rings. The molecular weight excluding hydrogens is 495 g/mol. The fourth-order valence-corrected chi connectivity index (χ4v) is 4.94. The van der Waals surface area contributed by atoms with E-state index in [1.807, 2.05) is 42.5 Å². The Hall–Kier alpha value is -3.88. The molecule has 9 heteroatoms. The Kier molecular flexibility index (Phi) is 6.28. The quantitative estimate of drug-likeness (QED) is 0.304. The van der Waals surface area contributed by atoms with E-state index in [1.54, 1.807) is 12.1 Å². The summed E-state index contributed by atoms with van der Waals surface area (Å²) in [5.74, 6) is 0.962. The van der Waals surface area contributed by atoms with Crippen molar-refractivity contribution in [2.75, 3.05) is 36.5 Å². The fourth-order valence-electron chi connectivity index (χ4n) is 4.77. The monoisotopic (exact) mass is 518 g/mol. The van der Waals surface area contributed by atoms with Gasteiger partial charge in [-0.3, -0.25) is 4.79 Å². The molecule has 1 fully saturated rings. The summed E-state index contributed by atoms with van der Waals surface area (Å²) >= 11 is 5.79. The predicted octanol–water partition coefficient (Wildman–Crippen LogP) is 5.37. The van der Waals surface area contributed by atoms with Crippen molar-refractivity contribution in [3.05, 3.63) is 98.8 Å². The van der Waals surface area contributed by atoms with Gasteiger partial charge in [-0.2, -0.15) is 0 Å². The summed E-state index contributed by atoms with van der Waals surface area (Å²) in [4.78, 5) is 21.4. The Morgan fingerprint density at radius 2 is 1.95 bits per heavy atom. The van der Waals surface area contributed by atoms with Gasteiger partial charge in [-0.25, -0.2) is 9.37 Å². The zero-order valence-corrected chi connectivity index (χ0v) is 20.6. The van der Waals surface area contributed by atoms with Gasteiger partial charge in [0.05, 0.1) is 18.9 Å². The number of aromatic amines is 1. The zero-order valence-electron chi connectivity index (χ0n) is 19.9. The number of hydrogen-bond donors (Lipinski definition) is 2. The molecule has 0 radical (unpaired) electrons. The van der Waals surface area contributed by atoms with Gasteiger partial charge < -0.3 is 24.7 Å². The maximum atomic E-state index is 14.2. The average Bonchev–Trinajstić information content (AvgIpc) is 2.92. The molecule has 4 heterocycles. The number of pyridine rings is 2. The van der Waals surface area contributed by atoms with Crippen LogP contribution in [0.5, 0.6) is 11.5 Å². The minimum Gasteiger partial charge on any atom is -0.456 e. The summed E-state index contributed by atoms with van der Waals surface area (Å²) in [6, 6.07) is 17.0. The van der Waals surface area contributed by atoms with E-state index in [0.29, 0.717) is 30.9 Å². The van der Waals surface area contributed by atoms with Crippen molar-refractivity contribution in [3.63, 3.8) is 0 Å². The third kappa shape index (κ3) is 4.77. The second kappa shape index (κ2) is 9.88. The molecule has 7 nitrogen and oxygen atoms in total. The Bertz CT molecular complexity index is 1530. The van der Waals surface area contributed by atoms with Crippen molar-refractivity contribution < 1.29 is 13.9 Å². The van der Waals surface area contributed by atoms with Crippen molar-refractivity contribution in [1.29, 1.82) is 0 Å². The highest BCUT2D eigenvalue weighted by molar-refractivity contribution is 6.29. The lowest BCUT2D eigenvalue weighted by Gasteiger charge is -2.29. The highest BCUT2D eigenvalue weighted by Gasteiger charge is 2.22. The topological polar surface area (TPSA) is 79.5 Å². The molecule has 0 saturated carbocycles. The first-order chi connectivity index (χ1) is 18.0. The van der Waals surface area contributed by atoms with Crippen LogP contribution in [0.15, 0.2) is 65.6 Å². The molecule has 2 N–H and O–H groups in total. The highest BCUT2D eigenvalue weighted by Crippen LogP contribution is 2.43. The lowest BCUT2D eigenvalue weighted by molar-refractivity contribution is 0.122. The number of fused-ring (bicyclic) bond motifs is 2. The standard InChI is InChI=1S/C28H24ClFN4O3/c29-28-26(30)18(6-7-31-28)16-32-20-4-5-24-19(13-20)12-17-2-1-3-22(27(17)37-24)23-14-21(15-25(35)33-23)34-8-10-36-11-9-34/h1-7,13-15,32H,8-12,16H2,(H,33,35). The van der Waals surface area contributed by atoms with E-state index in [2.05, 4.69) is 20.2 Å². The number of rotatable bonds is 5. The summed E-state index contributed by atoms with van der Waals surface area (Å²) in [5, 5.41) is 3.11. The molecule has 4 aromatic rings. The van der Waals surface area contributed by atoms with E-state index in [9.17, 15) is 9.18 Å². The van der Waals surface area contributed by atoms with E-state index in [1.165, 1.54) is 6.20 Å². The number of anilines is 2. The lowest BCUT2D eigenvalue weighted by Crippen LogP contribution is -2.36. The van der Waals surface area contributed by atoms with E-state index in [4.69, 9.17) is 21.1 Å². The molecule has 2 aromatic heterocycles. The van der Waals surface area contributed by atoms with Crippen molar-refractivity contribution in [3.8, 4) is 22.8 Å². The van der Waals surface area contributed by atoms with Gasteiger partial charge in [0.15, 0.2) is 11.0 Å². The Labute approximate surface area is 217 Å². The number of halogens is 2. The molecule has 0 bridgehead atoms. The summed E-state index contributed by atoms with van der Waals surface area (Å²) in [5.41, 5.74) is 5.58. The van der Waals surface area contributed by atoms with Crippen LogP contribution in [0.2, 0.25) is 5.15 Å². The van der Waals surface area contributed by atoms with Crippen LogP contribution in [-0.4, -0.2) is 36.3 Å². The van der Waals surface area contributed by atoms with E-state index < -0.39 is 5.82 Å². The first kappa shape index (κ1) is 23.5. The average molecular weight is 519 g/mol. The Balaban J connectivity index is 1.26. The Morgan fingerprint density at radius 1 is 1.08 bits per heavy atom. The zero-order chi connectivity index (χ0) is 25.4. The molecule has 0 aliphatic carbocycles. The lowest BCUT2D eigenvalue weighted by atomic mass is 9.96. The first-order valence-corrected chi connectivity index (χ1v) is 12.5. The van der Waals surface area contributed by atoms with Crippen LogP contribution in [-0.2, 0) is 17.7 Å². The second-order valence-corrected chi connectivity index (χ2v) is 9.40. The van der Waals surface area contributed by atoms with Gasteiger partial charge in [0.1, 0.15) is 11.5 Å². The molecule has 0 spiro atoms. The number of ether oxygens (including phenoxy) is 2. The van der Waals surface area contributed by atoms with Gasteiger partial charge in [0.25, 0.3) is 0 Å². The van der Waals surface area contributed by atoms with Gasteiger partial charge in [0, 0.05) is 66.4 Å². The van der Waals surface area contributed by atoms with Crippen LogP contribution < -0.4 is 20.5 Å². The molecular formula is C28H24ClFN4O3. The summed E-state index contributed by atoms with van der Waals surface area (Å²) in [7, 11) is 0. The van der Waals surface area contributed by atoms with Crippen molar-refractivity contribution >= 4 is 23.0 Å². The number of nitrogens with one attached hydrogen (secondary N) is 2. The minimum atomic E-state index is -0.518. The molecule has 6 rings (SSSR count). The molecule has 2 aromatic carbocycles. The van der Waals surface area contributed by atoms with Crippen LogP contribution in [0.4, 0.5) is 15.8 Å². The van der Waals surface area contributed by atoms with Crippen LogP contribution >= 0.6 is 11.6 Å².